The van der Waals surface area contributed by atoms with Gasteiger partial charge in [-0.15, -0.1) is 0 Å². The van der Waals surface area contributed by atoms with Crippen LogP contribution in [0.5, 0.6) is 0 Å². The Morgan fingerprint density at radius 2 is 1.89 bits per heavy atom. The van der Waals surface area contributed by atoms with E-state index in [-0.39, 0.29) is 0 Å². The molecule has 0 aliphatic carbocycles. The predicted molar refractivity (Wildman–Crippen MR) is 78.2 cm³/mol. The molecule has 0 amide bonds. The molecule has 0 atom stereocenters. The minimum atomic E-state index is 0.346. The summed E-state index contributed by atoms with van der Waals surface area (Å²) in [5.41, 5.74) is 0.985. The summed E-state index contributed by atoms with van der Waals surface area (Å²) in [6.45, 7) is 4.15. The molecular weight excluding hydrogens is 292 g/mol. The number of benzene rings is 1. The van der Waals surface area contributed by atoms with E-state index in [1.807, 2.05) is 30.3 Å². The highest BCUT2D eigenvalue weighted by Crippen LogP contribution is 2.20. The Balaban J connectivity index is 2.14. The van der Waals surface area contributed by atoms with E-state index in [1.165, 1.54) is 0 Å². The Morgan fingerprint density at radius 3 is 2.61 bits per heavy atom. The van der Waals surface area contributed by atoms with Gasteiger partial charge in [0, 0.05) is 22.3 Å². The molecule has 5 heteroatoms. The molecule has 0 bridgehead atoms. The molecular formula is C13H15BrN4. The monoisotopic (exact) mass is 306 g/mol. The number of hydrogen-bond acceptors (Lipinski definition) is 4. The topological polar surface area (TPSA) is 49.8 Å². The molecule has 0 spiro atoms. The van der Waals surface area contributed by atoms with Gasteiger partial charge in [0.15, 0.2) is 0 Å². The number of halogens is 1. The lowest BCUT2D eigenvalue weighted by molar-refractivity contribution is 0.886. The summed E-state index contributed by atoms with van der Waals surface area (Å²) in [5.74, 6) is 1.59. The van der Waals surface area contributed by atoms with Crippen LogP contribution in [0, 0.1) is 0 Å². The van der Waals surface area contributed by atoms with Crippen molar-refractivity contribution in [2.45, 2.75) is 19.9 Å². The molecule has 2 rings (SSSR count). The molecule has 2 N–H and O–H groups in total. The van der Waals surface area contributed by atoms with Gasteiger partial charge in [0.1, 0.15) is 18.0 Å². The van der Waals surface area contributed by atoms with E-state index < -0.39 is 0 Å². The predicted octanol–water partition coefficient (Wildman–Crippen LogP) is 3.80. The number of rotatable bonds is 4. The molecule has 0 fully saturated rings. The van der Waals surface area contributed by atoms with Gasteiger partial charge in [-0.2, -0.15) is 0 Å². The third-order valence-corrected chi connectivity index (χ3v) is 2.69. The van der Waals surface area contributed by atoms with Gasteiger partial charge in [-0.05, 0) is 32.0 Å². The van der Waals surface area contributed by atoms with Crippen LogP contribution in [0.3, 0.4) is 0 Å². The van der Waals surface area contributed by atoms with Crippen LogP contribution in [-0.4, -0.2) is 16.0 Å². The van der Waals surface area contributed by atoms with Crippen LogP contribution in [0.4, 0.5) is 17.3 Å². The zero-order chi connectivity index (χ0) is 13.0. The second-order valence-electron chi connectivity index (χ2n) is 4.22. The van der Waals surface area contributed by atoms with Crippen molar-refractivity contribution in [3.8, 4) is 0 Å². The summed E-state index contributed by atoms with van der Waals surface area (Å²) in [7, 11) is 0. The average molecular weight is 307 g/mol. The van der Waals surface area contributed by atoms with Gasteiger partial charge in [0.2, 0.25) is 0 Å². The number of nitrogens with zero attached hydrogens (tertiary/aromatic N) is 2. The second kappa shape index (κ2) is 5.82. The van der Waals surface area contributed by atoms with E-state index in [9.17, 15) is 0 Å². The first kappa shape index (κ1) is 12.8. The molecule has 0 saturated heterocycles. The maximum atomic E-state index is 4.19. The number of anilines is 3. The molecule has 0 aliphatic rings. The van der Waals surface area contributed by atoms with Crippen LogP contribution in [0.25, 0.3) is 0 Å². The van der Waals surface area contributed by atoms with E-state index in [2.05, 4.69) is 50.4 Å². The van der Waals surface area contributed by atoms with Crippen LogP contribution in [0.1, 0.15) is 13.8 Å². The zero-order valence-corrected chi connectivity index (χ0v) is 11.9. The fraction of sp³-hybridized carbons (Fsp3) is 0.231. The first-order valence-electron chi connectivity index (χ1n) is 5.74. The molecule has 0 radical (unpaired) electrons. The van der Waals surface area contributed by atoms with Gasteiger partial charge in [-0.1, -0.05) is 22.0 Å². The molecule has 0 unspecified atom stereocenters. The van der Waals surface area contributed by atoms with E-state index in [0.29, 0.717) is 6.04 Å². The van der Waals surface area contributed by atoms with Crippen LogP contribution < -0.4 is 10.6 Å². The number of hydrogen-bond donors (Lipinski definition) is 2. The summed E-state index contributed by atoms with van der Waals surface area (Å²) < 4.78 is 1.03. The highest BCUT2D eigenvalue weighted by molar-refractivity contribution is 9.10. The Hall–Kier alpha value is -1.62. The van der Waals surface area contributed by atoms with Crippen molar-refractivity contribution in [2.24, 2.45) is 0 Å². The number of aromatic nitrogens is 2. The van der Waals surface area contributed by atoms with Crippen LogP contribution >= 0.6 is 15.9 Å². The standard InChI is InChI=1S/C13H15BrN4/c1-9(2)17-12-7-13(16-8-15-12)18-11-5-3-4-10(14)6-11/h3-9H,1-2H3,(H2,15,16,17,18). The summed E-state index contributed by atoms with van der Waals surface area (Å²) in [5, 5.41) is 6.48. The maximum absolute atomic E-state index is 4.19. The lowest BCUT2D eigenvalue weighted by atomic mass is 10.3. The largest absolute Gasteiger partial charge is 0.368 e. The number of nitrogens with one attached hydrogen (secondary N) is 2. The van der Waals surface area contributed by atoms with Crippen LogP contribution in [0.2, 0.25) is 0 Å². The van der Waals surface area contributed by atoms with Crippen molar-refractivity contribution in [2.75, 3.05) is 10.6 Å². The molecule has 4 nitrogen and oxygen atoms in total. The lowest BCUT2D eigenvalue weighted by Gasteiger charge is -2.10. The molecule has 1 aromatic carbocycles. The molecule has 94 valence electrons. The molecule has 0 saturated carbocycles. The Bertz CT molecular complexity index is 528. The Labute approximate surface area is 115 Å². The SMILES string of the molecule is CC(C)Nc1cc(Nc2cccc(Br)c2)ncn1. The van der Waals surface area contributed by atoms with Gasteiger partial charge in [-0.3, -0.25) is 0 Å². The third kappa shape index (κ3) is 3.70. The molecule has 1 aromatic heterocycles. The minimum absolute atomic E-state index is 0.346. The average Bonchev–Trinajstić information content (AvgIpc) is 2.28. The van der Waals surface area contributed by atoms with Crippen molar-refractivity contribution >= 4 is 33.3 Å². The van der Waals surface area contributed by atoms with E-state index in [1.54, 1.807) is 6.33 Å². The van der Waals surface area contributed by atoms with Gasteiger partial charge < -0.3 is 10.6 Å². The van der Waals surface area contributed by atoms with E-state index in [4.69, 9.17) is 0 Å². The van der Waals surface area contributed by atoms with E-state index in [0.717, 1.165) is 21.8 Å². The molecule has 0 aliphatic heterocycles. The van der Waals surface area contributed by atoms with Crippen molar-refractivity contribution in [3.63, 3.8) is 0 Å². The van der Waals surface area contributed by atoms with Gasteiger partial charge in [-0.25, -0.2) is 9.97 Å². The smallest absolute Gasteiger partial charge is 0.135 e. The fourth-order valence-electron chi connectivity index (χ4n) is 1.51. The van der Waals surface area contributed by atoms with Crippen molar-refractivity contribution < 1.29 is 0 Å². The van der Waals surface area contributed by atoms with Crippen LogP contribution in [-0.2, 0) is 0 Å². The lowest BCUT2D eigenvalue weighted by Crippen LogP contribution is -2.11. The van der Waals surface area contributed by atoms with E-state index >= 15 is 0 Å². The second-order valence-corrected chi connectivity index (χ2v) is 5.14. The summed E-state index contributed by atoms with van der Waals surface area (Å²) >= 11 is 3.44. The van der Waals surface area contributed by atoms with Crippen molar-refractivity contribution in [1.82, 2.24) is 9.97 Å². The third-order valence-electron chi connectivity index (χ3n) is 2.20. The quantitative estimate of drug-likeness (QED) is 0.902. The van der Waals surface area contributed by atoms with Gasteiger partial charge >= 0.3 is 0 Å². The maximum Gasteiger partial charge on any atom is 0.135 e. The Kier molecular flexibility index (Phi) is 4.15. The summed E-state index contributed by atoms with van der Waals surface area (Å²) in [6.07, 6.45) is 1.55. The fourth-order valence-corrected chi connectivity index (χ4v) is 1.91. The summed E-state index contributed by atoms with van der Waals surface area (Å²) in [4.78, 5) is 8.36. The summed E-state index contributed by atoms with van der Waals surface area (Å²) in [6, 6.07) is 10.2. The highest BCUT2D eigenvalue weighted by atomic mass is 79.9. The molecule has 1 heterocycles. The van der Waals surface area contributed by atoms with Crippen molar-refractivity contribution in [1.29, 1.82) is 0 Å². The minimum Gasteiger partial charge on any atom is -0.368 e. The van der Waals surface area contributed by atoms with Crippen molar-refractivity contribution in [3.05, 3.63) is 41.1 Å². The van der Waals surface area contributed by atoms with Gasteiger partial charge in [0.25, 0.3) is 0 Å². The van der Waals surface area contributed by atoms with Gasteiger partial charge in [0.05, 0.1) is 0 Å². The van der Waals surface area contributed by atoms with Crippen LogP contribution in [0.15, 0.2) is 41.1 Å². The normalized spacial score (nSPS) is 10.4. The highest BCUT2D eigenvalue weighted by Gasteiger charge is 2.01. The zero-order valence-electron chi connectivity index (χ0n) is 10.3. The first-order valence-corrected chi connectivity index (χ1v) is 6.54. The Morgan fingerprint density at radius 1 is 1.11 bits per heavy atom. The molecule has 18 heavy (non-hydrogen) atoms. The molecule has 2 aromatic rings. The first-order chi connectivity index (χ1) is 8.63.